The minimum atomic E-state index is -4.21. The molecule has 2 N–H and O–H groups in total. The smallest absolute Gasteiger partial charge is 1.00 e. The van der Waals surface area contributed by atoms with Crippen molar-refractivity contribution in [1.29, 1.82) is 0 Å². The number of nitrogens with one attached hydrogen (secondary N) is 1. The predicted molar refractivity (Wildman–Crippen MR) is 66.7 cm³/mol. The molecule has 0 aliphatic carbocycles. The molecule has 2 aromatic carbocycles. The standard InChI is InChI=1S/C12H9NO3S.Na.H/c14-17(15,16)11-7-3-5-9-8-4-1-2-6-10(8)13-12(9)11;;/h1-7,13H,(H,14,15,16);;/q;+1;-1. The van der Waals surface area contributed by atoms with Crippen LogP contribution in [-0.2, 0) is 10.1 Å². The number of rotatable bonds is 1. The van der Waals surface area contributed by atoms with E-state index in [9.17, 15) is 8.42 Å². The Morgan fingerprint density at radius 2 is 1.67 bits per heavy atom. The summed E-state index contributed by atoms with van der Waals surface area (Å²) in [6.45, 7) is 0. The first-order valence-corrected chi connectivity index (χ1v) is 6.48. The van der Waals surface area contributed by atoms with Gasteiger partial charge in [0, 0.05) is 16.3 Å². The molecule has 0 radical (unpaired) electrons. The van der Waals surface area contributed by atoms with E-state index in [1.165, 1.54) is 6.07 Å². The number of aromatic nitrogens is 1. The Balaban J connectivity index is 0.000000902. The summed E-state index contributed by atoms with van der Waals surface area (Å²) in [5.74, 6) is 0. The predicted octanol–water partition coefficient (Wildman–Crippen LogP) is -0.316. The summed E-state index contributed by atoms with van der Waals surface area (Å²) in [5, 5.41) is 1.73. The van der Waals surface area contributed by atoms with E-state index in [0.717, 1.165) is 16.3 Å². The van der Waals surface area contributed by atoms with Crippen LogP contribution in [0.4, 0.5) is 0 Å². The van der Waals surface area contributed by atoms with Gasteiger partial charge in [-0.3, -0.25) is 4.55 Å². The molecule has 0 unspecified atom stereocenters. The quantitative estimate of drug-likeness (QED) is 0.471. The van der Waals surface area contributed by atoms with Crippen molar-refractivity contribution in [3.05, 3.63) is 42.5 Å². The van der Waals surface area contributed by atoms with Gasteiger partial charge in [-0.05, 0) is 12.1 Å². The third kappa shape index (κ3) is 2.08. The van der Waals surface area contributed by atoms with E-state index in [1.54, 1.807) is 6.07 Å². The molecule has 1 aromatic heterocycles. The fourth-order valence-electron chi connectivity index (χ4n) is 2.06. The largest absolute Gasteiger partial charge is 1.00 e. The van der Waals surface area contributed by atoms with Crippen molar-refractivity contribution in [2.45, 2.75) is 4.90 Å². The zero-order valence-electron chi connectivity index (χ0n) is 10.7. The molecule has 6 heteroatoms. The second-order valence-electron chi connectivity index (χ2n) is 3.82. The van der Waals surface area contributed by atoms with Crippen molar-refractivity contribution in [3.63, 3.8) is 0 Å². The molecule has 0 spiro atoms. The Hall–Kier alpha value is -0.850. The molecule has 4 nitrogen and oxygen atoms in total. The van der Waals surface area contributed by atoms with Crippen molar-refractivity contribution in [1.82, 2.24) is 4.98 Å². The third-order valence-corrected chi connectivity index (χ3v) is 3.68. The summed E-state index contributed by atoms with van der Waals surface area (Å²) in [4.78, 5) is 2.92. The second kappa shape index (κ2) is 4.68. The molecule has 1 heterocycles. The van der Waals surface area contributed by atoms with Crippen LogP contribution >= 0.6 is 0 Å². The van der Waals surface area contributed by atoms with Crippen molar-refractivity contribution in [2.75, 3.05) is 0 Å². The number of aromatic amines is 1. The Labute approximate surface area is 128 Å². The average Bonchev–Trinajstić information content (AvgIpc) is 2.65. The maximum absolute atomic E-state index is 11.3. The summed E-state index contributed by atoms with van der Waals surface area (Å²) in [6, 6.07) is 12.3. The minimum Gasteiger partial charge on any atom is -1.00 e. The summed E-state index contributed by atoms with van der Waals surface area (Å²) in [5.41, 5.74) is 1.29. The van der Waals surface area contributed by atoms with Gasteiger partial charge in [0.2, 0.25) is 0 Å². The van der Waals surface area contributed by atoms with Gasteiger partial charge in [-0.15, -0.1) is 0 Å². The Kier molecular flexibility index (Phi) is 3.53. The van der Waals surface area contributed by atoms with Crippen LogP contribution in [-0.4, -0.2) is 18.0 Å². The first kappa shape index (κ1) is 13.6. The fraction of sp³-hybridized carbons (Fsp3) is 0. The molecule has 0 amide bonds. The van der Waals surface area contributed by atoms with Crippen LogP contribution < -0.4 is 29.6 Å². The first-order chi connectivity index (χ1) is 8.07. The van der Waals surface area contributed by atoms with Crippen LogP contribution in [0.3, 0.4) is 0 Å². The Bertz CT molecular complexity index is 829. The van der Waals surface area contributed by atoms with E-state index in [-0.39, 0.29) is 35.9 Å². The molecular weight excluding hydrogens is 261 g/mol. The number of H-pyrrole nitrogens is 1. The topological polar surface area (TPSA) is 70.2 Å². The number of para-hydroxylation sites is 2. The zero-order chi connectivity index (χ0) is 12.0. The van der Waals surface area contributed by atoms with E-state index in [4.69, 9.17) is 4.55 Å². The zero-order valence-corrected chi connectivity index (χ0v) is 12.5. The van der Waals surface area contributed by atoms with Gasteiger partial charge < -0.3 is 6.41 Å². The molecule has 0 saturated heterocycles. The third-order valence-electron chi connectivity index (χ3n) is 2.78. The van der Waals surface area contributed by atoms with Gasteiger partial charge in [0.05, 0.1) is 5.52 Å². The minimum absolute atomic E-state index is 0. The number of hydrogen-bond acceptors (Lipinski definition) is 2. The molecule has 3 aromatic rings. The Morgan fingerprint density at radius 3 is 2.39 bits per heavy atom. The SMILES string of the molecule is O=S(=O)(O)c1cccc2c1[nH]c1ccccc12.[H-].[Na+]. The van der Waals surface area contributed by atoms with Crippen LogP contribution in [0.2, 0.25) is 0 Å². The van der Waals surface area contributed by atoms with E-state index < -0.39 is 10.1 Å². The van der Waals surface area contributed by atoms with Gasteiger partial charge >= 0.3 is 29.6 Å². The summed E-state index contributed by atoms with van der Waals surface area (Å²) in [7, 11) is -4.21. The summed E-state index contributed by atoms with van der Waals surface area (Å²) < 4.78 is 31.7. The number of fused-ring (bicyclic) bond motifs is 3. The van der Waals surface area contributed by atoms with Crippen LogP contribution in [0, 0.1) is 0 Å². The van der Waals surface area contributed by atoms with E-state index in [0.29, 0.717) is 5.52 Å². The number of hydrogen-bond donors (Lipinski definition) is 2. The van der Waals surface area contributed by atoms with Gasteiger partial charge in [-0.1, -0.05) is 30.3 Å². The van der Waals surface area contributed by atoms with Gasteiger partial charge in [-0.2, -0.15) is 8.42 Å². The van der Waals surface area contributed by atoms with Gasteiger partial charge in [-0.25, -0.2) is 0 Å². The van der Waals surface area contributed by atoms with Crippen LogP contribution in [0.25, 0.3) is 21.8 Å². The molecule has 0 fully saturated rings. The Morgan fingerprint density at radius 1 is 1.00 bits per heavy atom. The van der Waals surface area contributed by atoms with Crippen molar-refractivity contribution < 1.29 is 44.0 Å². The van der Waals surface area contributed by atoms with Crippen molar-refractivity contribution in [2.24, 2.45) is 0 Å². The molecule has 0 aliphatic rings. The molecular formula is C12H10NNaO3S. The molecule has 88 valence electrons. The molecule has 0 atom stereocenters. The van der Waals surface area contributed by atoms with Gasteiger partial charge in [0.25, 0.3) is 10.1 Å². The molecule has 0 bridgehead atoms. The van der Waals surface area contributed by atoms with E-state index in [2.05, 4.69) is 4.98 Å². The van der Waals surface area contributed by atoms with E-state index >= 15 is 0 Å². The van der Waals surface area contributed by atoms with Crippen molar-refractivity contribution in [3.8, 4) is 0 Å². The maximum Gasteiger partial charge on any atom is 1.00 e. The maximum atomic E-state index is 11.3. The van der Waals surface area contributed by atoms with E-state index in [1.807, 2.05) is 30.3 Å². The van der Waals surface area contributed by atoms with Gasteiger partial charge in [0.1, 0.15) is 4.90 Å². The fourth-order valence-corrected chi connectivity index (χ4v) is 2.73. The normalized spacial score (nSPS) is 11.6. The molecule has 3 rings (SSSR count). The monoisotopic (exact) mass is 271 g/mol. The molecule has 0 aliphatic heterocycles. The summed E-state index contributed by atoms with van der Waals surface area (Å²) >= 11 is 0. The first-order valence-electron chi connectivity index (χ1n) is 5.04. The molecule has 18 heavy (non-hydrogen) atoms. The van der Waals surface area contributed by atoms with Crippen molar-refractivity contribution >= 4 is 31.9 Å². The second-order valence-corrected chi connectivity index (χ2v) is 5.21. The number of benzene rings is 2. The average molecular weight is 271 g/mol. The molecule has 0 saturated carbocycles. The van der Waals surface area contributed by atoms with Crippen LogP contribution in [0.1, 0.15) is 1.43 Å². The summed E-state index contributed by atoms with van der Waals surface area (Å²) in [6.07, 6.45) is 0. The van der Waals surface area contributed by atoms with Gasteiger partial charge in [0.15, 0.2) is 0 Å². The van der Waals surface area contributed by atoms with Crippen LogP contribution in [0.5, 0.6) is 0 Å². The van der Waals surface area contributed by atoms with Crippen LogP contribution in [0.15, 0.2) is 47.4 Å².